The average molecular weight is 352 g/mol. The van der Waals surface area contributed by atoms with Crippen molar-refractivity contribution >= 4 is 33.5 Å². The van der Waals surface area contributed by atoms with Crippen molar-refractivity contribution in [3.63, 3.8) is 0 Å². The molecule has 2 aromatic rings. The molecule has 2 rings (SSSR count). The van der Waals surface area contributed by atoms with E-state index in [4.69, 9.17) is 5.11 Å². The van der Waals surface area contributed by atoms with Crippen molar-refractivity contribution in [2.75, 3.05) is 18.1 Å². The molecule has 0 aliphatic heterocycles. The summed E-state index contributed by atoms with van der Waals surface area (Å²) in [6.45, 7) is 0.497. The summed E-state index contributed by atoms with van der Waals surface area (Å²) in [5, 5.41) is 15.4. The van der Waals surface area contributed by atoms with E-state index in [1.165, 1.54) is 21.6 Å². The number of carboxylic acids is 1. The third kappa shape index (κ3) is 5.95. The first kappa shape index (κ1) is 17.4. The normalized spacial score (nSPS) is 10.4. The second-order valence-corrected chi connectivity index (χ2v) is 7.08. The van der Waals surface area contributed by atoms with Crippen molar-refractivity contribution in [1.29, 1.82) is 0 Å². The van der Waals surface area contributed by atoms with E-state index in [1.807, 2.05) is 0 Å². The van der Waals surface area contributed by atoms with Gasteiger partial charge in [0.1, 0.15) is 5.69 Å². The summed E-state index contributed by atoms with van der Waals surface area (Å²) in [6, 6.07) is 6.97. The number of hydrogen-bond acceptors (Lipinski definition) is 6. The minimum atomic E-state index is -0.797. The van der Waals surface area contributed by atoms with E-state index in [0.29, 0.717) is 29.6 Å². The van der Waals surface area contributed by atoms with Crippen molar-refractivity contribution in [2.24, 2.45) is 0 Å². The molecule has 23 heavy (non-hydrogen) atoms. The maximum Gasteiger partial charge on any atom is 0.304 e. The van der Waals surface area contributed by atoms with E-state index in [2.05, 4.69) is 15.4 Å². The minimum Gasteiger partial charge on any atom is -0.481 e. The SMILES string of the molecule is O=C(O)CCSSCCNC(=O)c1cccc(-n2cccn2)n1. The van der Waals surface area contributed by atoms with E-state index in [1.54, 1.807) is 41.3 Å². The average Bonchev–Trinajstić information content (AvgIpc) is 3.08. The molecule has 7 nitrogen and oxygen atoms in total. The molecule has 2 N–H and O–H groups in total. The number of nitrogens with one attached hydrogen (secondary N) is 1. The smallest absolute Gasteiger partial charge is 0.304 e. The number of aromatic nitrogens is 3. The van der Waals surface area contributed by atoms with Gasteiger partial charge in [0.2, 0.25) is 0 Å². The predicted molar refractivity (Wildman–Crippen MR) is 90.9 cm³/mol. The van der Waals surface area contributed by atoms with Gasteiger partial charge in [-0.25, -0.2) is 9.67 Å². The maximum atomic E-state index is 12.0. The quantitative estimate of drug-likeness (QED) is 0.525. The lowest BCUT2D eigenvalue weighted by Crippen LogP contribution is -2.26. The van der Waals surface area contributed by atoms with Crippen molar-refractivity contribution < 1.29 is 14.7 Å². The topological polar surface area (TPSA) is 97.1 Å². The van der Waals surface area contributed by atoms with Crippen LogP contribution in [0.5, 0.6) is 0 Å². The van der Waals surface area contributed by atoms with E-state index in [-0.39, 0.29) is 12.3 Å². The van der Waals surface area contributed by atoms with Gasteiger partial charge in [0.15, 0.2) is 5.82 Å². The highest BCUT2D eigenvalue weighted by atomic mass is 33.1. The van der Waals surface area contributed by atoms with Gasteiger partial charge in [-0.1, -0.05) is 27.7 Å². The number of aliphatic carboxylic acids is 1. The van der Waals surface area contributed by atoms with Crippen LogP contribution in [-0.2, 0) is 4.79 Å². The Labute approximate surface area is 141 Å². The van der Waals surface area contributed by atoms with Crippen LogP contribution in [0.4, 0.5) is 0 Å². The summed E-state index contributed by atoms with van der Waals surface area (Å²) < 4.78 is 1.59. The van der Waals surface area contributed by atoms with Crippen LogP contribution in [0.2, 0.25) is 0 Å². The Balaban J connectivity index is 1.74. The van der Waals surface area contributed by atoms with Crippen LogP contribution in [0.1, 0.15) is 16.9 Å². The van der Waals surface area contributed by atoms with Gasteiger partial charge in [0.05, 0.1) is 6.42 Å². The third-order valence-corrected chi connectivity index (χ3v) is 5.07. The van der Waals surface area contributed by atoms with Gasteiger partial charge in [0.25, 0.3) is 5.91 Å². The molecule has 0 unspecified atom stereocenters. The molecule has 0 spiro atoms. The van der Waals surface area contributed by atoms with Crippen LogP contribution in [0.25, 0.3) is 5.82 Å². The lowest BCUT2D eigenvalue weighted by atomic mass is 10.3. The Bertz CT molecular complexity index is 649. The maximum absolute atomic E-state index is 12.0. The summed E-state index contributed by atoms with van der Waals surface area (Å²) in [7, 11) is 3.02. The van der Waals surface area contributed by atoms with Crippen molar-refractivity contribution in [3.8, 4) is 5.82 Å². The molecule has 0 atom stereocenters. The number of carbonyl (C=O) groups is 2. The summed E-state index contributed by atoms with van der Waals surface area (Å²) >= 11 is 0. The van der Waals surface area contributed by atoms with Gasteiger partial charge in [-0.15, -0.1) is 0 Å². The molecule has 0 aromatic carbocycles. The second kappa shape index (κ2) is 9.21. The summed E-state index contributed by atoms with van der Waals surface area (Å²) in [4.78, 5) is 26.7. The molecule has 122 valence electrons. The largest absolute Gasteiger partial charge is 0.481 e. The van der Waals surface area contributed by atoms with Gasteiger partial charge < -0.3 is 10.4 Å². The molecule has 0 aliphatic carbocycles. The molecule has 0 saturated carbocycles. The lowest BCUT2D eigenvalue weighted by molar-refractivity contribution is -0.136. The Morgan fingerprint density at radius 1 is 1.22 bits per heavy atom. The molecule has 9 heteroatoms. The fraction of sp³-hybridized carbons (Fsp3) is 0.286. The summed E-state index contributed by atoms with van der Waals surface area (Å²) in [6.07, 6.45) is 3.55. The molecule has 0 bridgehead atoms. The highest BCUT2D eigenvalue weighted by Crippen LogP contribution is 2.20. The summed E-state index contributed by atoms with van der Waals surface area (Å²) in [5.74, 6) is 0.807. The molecule has 2 heterocycles. The van der Waals surface area contributed by atoms with Gasteiger partial charge in [-0.3, -0.25) is 9.59 Å². The first-order chi connectivity index (χ1) is 11.2. The number of carboxylic acid groups (broad SMARTS) is 1. The van der Waals surface area contributed by atoms with Gasteiger partial charge in [-0.05, 0) is 18.2 Å². The van der Waals surface area contributed by atoms with Crippen molar-refractivity contribution in [2.45, 2.75) is 6.42 Å². The van der Waals surface area contributed by atoms with Crippen LogP contribution >= 0.6 is 21.6 Å². The van der Waals surface area contributed by atoms with Gasteiger partial charge in [-0.2, -0.15) is 5.10 Å². The summed E-state index contributed by atoms with van der Waals surface area (Å²) in [5.41, 5.74) is 0.335. The van der Waals surface area contributed by atoms with E-state index < -0.39 is 5.97 Å². The second-order valence-electron chi connectivity index (χ2n) is 4.38. The zero-order valence-corrected chi connectivity index (χ0v) is 13.8. The zero-order chi connectivity index (χ0) is 16.5. The molecule has 0 radical (unpaired) electrons. The third-order valence-electron chi connectivity index (χ3n) is 2.66. The molecule has 0 saturated heterocycles. The Morgan fingerprint density at radius 2 is 2.04 bits per heavy atom. The molecular weight excluding hydrogens is 336 g/mol. The predicted octanol–water partition coefficient (Wildman–Crippen LogP) is 1.85. The Morgan fingerprint density at radius 3 is 2.78 bits per heavy atom. The number of hydrogen-bond donors (Lipinski definition) is 2. The van der Waals surface area contributed by atoms with Crippen LogP contribution in [0.15, 0.2) is 36.7 Å². The highest BCUT2D eigenvalue weighted by Gasteiger charge is 2.08. The fourth-order valence-corrected chi connectivity index (χ4v) is 3.51. The number of nitrogens with zero attached hydrogens (tertiary/aromatic N) is 3. The molecule has 0 aliphatic rings. The monoisotopic (exact) mass is 352 g/mol. The number of rotatable bonds is 9. The van der Waals surface area contributed by atoms with Crippen molar-refractivity contribution in [3.05, 3.63) is 42.4 Å². The molecule has 1 amide bonds. The first-order valence-electron chi connectivity index (χ1n) is 6.88. The zero-order valence-electron chi connectivity index (χ0n) is 12.2. The van der Waals surface area contributed by atoms with E-state index in [0.717, 1.165) is 0 Å². The number of carbonyl (C=O) groups excluding carboxylic acids is 1. The fourth-order valence-electron chi connectivity index (χ4n) is 1.63. The minimum absolute atomic E-state index is 0.147. The molecular formula is C14H16N4O3S2. The van der Waals surface area contributed by atoms with E-state index >= 15 is 0 Å². The first-order valence-corrected chi connectivity index (χ1v) is 9.37. The molecule has 0 fully saturated rings. The van der Waals surface area contributed by atoms with Gasteiger partial charge in [0, 0.05) is 30.4 Å². The number of amides is 1. The van der Waals surface area contributed by atoms with Gasteiger partial charge >= 0.3 is 5.97 Å². The Kier molecular flexibility index (Phi) is 6.95. The number of pyridine rings is 1. The Hall–Kier alpha value is -2.00. The van der Waals surface area contributed by atoms with Crippen LogP contribution < -0.4 is 5.32 Å². The van der Waals surface area contributed by atoms with Crippen LogP contribution in [0.3, 0.4) is 0 Å². The van der Waals surface area contributed by atoms with Crippen molar-refractivity contribution in [1.82, 2.24) is 20.1 Å². The van der Waals surface area contributed by atoms with Crippen LogP contribution in [-0.4, -0.2) is 49.8 Å². The standard InChI is InChI=1S/C14H16N4O3S2/c19-13(20)5-9-22-23-10-7-15-14(21)11-3-1-4-12(17-11)18-8-2-6-16-18/h1-4,6,8H,5,7,9-10H2,(H,15,21)(H,19,20). The molecule has 2 aromatic heterocycles. The van der Waals surface area contributed by atoms with Crippen LogP contribution in [0, 0.1) is 0 Å². The van der Waals surface area contributed by atoms with E-state index in [9.17, 15) is 9.59 Å². The lowest BCUT2D eigenvalue weighted by Gasteiger charge is -2.06. The highest BCUT2D eigenvalue weighted by molar-refractivity contribution is 8.76.